The van der Waals surface area contributed by atoms with Gasteiger partial charge in [0.15, 0.2) is 11.9 Å². The molecule has 1 aromatic rings. The first-order valence-electron chi connectivity index (χ1n) is 4.14. The van der Waals surface area contributed by atoms with Crippen LogP contribution >= 0.6 is 11.6 Å². The number of rotatable bonds is 0. The Morgan fingerprint density at radius 2 is 2.31 bits per heavy atom. The average Bonchev–Trinajstić information content (AvgIpc) is 2.08. The lowest BCUT2D eigenvalue weighted by Gasteiger charge is -2.21. The summed E-state index contributed by atoms with van der Waals surface area (Å²) in [5.74, 6) is 0.881. The fourth-order valence-corrected chi connectivity index (χ4v) is 1.58. The van der Waals surface area contributed by atoms with Gasteiger partial charge < -0.3 is 4.74 Å². The molecule has 1 heterocycles. The highest BCUT2D eigenvalue weighted by Crippen LogP contribution is 2.28. The van der Waals surface area contributed by atoms with E-state index in [1.165, 1.54) is 0 Å². The van der Waals surface area contributed by atoms with E-state index in [0.29, 0.717) is 11.4 Å². The highest BCUT2D eigenvalue weighted by Gasteiger charge is 2.23. The van der Waals surface area contributed by atoms with E-state index in [9.17, 15) is 4.79 Å². The molecule has 2 rings (SSSR count). The van der Waals surface area contributed by atoms with Crippen molar-refractivity contribution in [2.24, 2.45) is 0 Å². The summed E-state index contributed by atoms with van der Waals surface area (Å²) in [6.45, 7) is 1.76. The fourth-order valence-electron chi connectivity index (χ4n) is 1.39. The molecule has 0 radical (unpaired) electrons. The third-order valence-electron chi connectivity index (χ3n) is 2.14. The number of ether oxygens (including phenoxy) is 1. The number of carbonyl (C=O) groups is 1. The molecular weight excluding hydrogens is 188 g/mol. The predicted molar refractivity (Wildman–Crippen MR) is 50.3 cm³/mol. The van der Waals surface area contributed by atoms with E-state index >= 15 is 0 Å². The van der Waals surface area contributed by atoms with Crippen LogP contribution < -0.4 is 4.74 Å². The van der Waals surface area contributed by atoms with E-state index < -0.39 is 0 Å². The number of hydrogen-bond donors (Lipinski definition) is 0. The summed E-state index contributed by atoms with van der Waals surface area (Å²) in [4.78, 5) is 11.3. The standard InChI is InChI=1S/C10H9ClO2/c1-6-9(12)5-7-4-8(11)2-3-10(7)13-6/h2-4,6H,5H2,1H3. The maximum Gasteiger partial charge on any atom is 0.177 e. The lowest BCUT2D eigenvalue weighted by atomic mass is 10.0. The SMILES string of the molecule is CC1Oc2ccc(Cl)cc2CC1=O. The van der Waals surface area contributed by atoms with Crippen LogP contribution in [0.3, 0.4) is 0 Å². The van der Waals surface area contributed by atoms with Gasteiger partial charge in [-0.3, -0.25) is 4.79 Å². The van der Waals surface area contributed by atoms with Crippen LogP contribution in [-0.4, -0.2) is 11.9 Å². The number of halogens is 1. The van der Waals surface area contributed by atoms with Crippen LogP contribution in [-0.2, 0) is 11.2 Å². The molecule has 0 bridgehead atoms. The average molecular weight is 197 g/mol. The van der Waals surface area contributed by atoms with Crippen LogP contribution in [0, 0.1) is 0 Å². The molecular formula is C10H9ClO2. The van der Waals surface area contributed by atoms with Gasteiger partial charge in [-0.25, -0.2) is 0 Å². The Morgan fingerprint density at radius 3 is 3.08 bits per heavy atom. The molecule has 3 heteroatoms. The highest BCUT2D eigenvalue weighted by molar-refractivity contribution is 6.30. The minimum atomic E-state index is -0.325. The monoisotopic (exact) mass is 196 g/mol. The number of hydrogen-bond acceptors (Lipinski definition) is 2. The molecule has 68 valence electrons. The van der Waals surface area contributed by atoms with Crippen molar-refractivity contribution in [3.8, 4) is 5.75 Å². The molecule has 1 aliphatic heterocycles. The first-order valence-corrected chi connectivity index (χ1v) is 4.52. The fraction of sp³-hybridized carbons (Fsp3) is 0.300. The zero-order valence-electron chi connectivity index (χ0n) is 7.21. The Bertz CT molecular complexity index is 360. The summed E-state index contributed by atoms with van der Waals surface area (Å²) >= 11 is 5.79. The van der Waals surface area contributed by atoms with Crippen LogP contribution in [0.1, 0.15) is 12.5 Å². The number of Topliss-reactive ketones (excluding diaryl/α,β-unsaturated/α-hetero) is 1. The highest BCUT2D eigenvalue weighted by atomic mass is 35.5. The lowest BCUT2D eigenvalue weighted by Crippen LogP contribution is -2.30. The van der Waals surface area contributed by atoms with Gasteiger partial charge in [0.05, 0.1) is 0 Å². The predicted octanol–water partition coefficient (Wildman–Crippen LogP) is 2.23. The number of fused-ring (bicyclic) bond motifs is 1. The van der Waals surface area contributed by atoms with E-state index in [4.69, 9.17) is 16.3 Å². The molecule has 13 heavy (non-hydrogen) atoms. The van der Waals surface area contributed by atoms with Crippen molar-refractivity contribution in [1.82, 2.24) is 0 Å². The number of benzene rings is 1. The van der Waals surface area contributed by atoms with Gasteiger partial charge in [0.25, 0.3) is 0 Å². The second-order valence-electron chi connectivity index (χ2n) is 3.16. The van der Waals surface area contributed by atoms with Crippen molar-refractivity contribution < 1.29 is 9.53 Å². The van der Waals surface area contributed by atoms with Gasteiger partial charge in [0, 0.05) is 17.0 Å². The largest absolute Gasteiger partial charge is 0.483 e. The summed E-state index contributed by atoms with van der Waals surface area (Å²) in [7, 11) is 0. The Morgan fingerprint density at radius 1 is 1.54 bits per heavy atom. The molecule has 0 aliphatic carbocycles. The third kappa shape index (κ3) is 1.54. The molecule has 1 aliphatic rings. The number of carbonyl (C=O) groups excluding carboxylic acids is 1. The smallest absolute Gasteiger partial charge is 0.177 e. The van der Waals surface area contributed by atoms with E-state index in [-0.39, 0.29) is 11.9 Å². The third-order valence-corrected chi connectivity index (χ3v) is 2.38. The van der Waals surface area contributed by atoms with Crippen LogP contribution in [0.5, 0.6) is 5.75 Å². The Balaban J connectivity index is 2.42. The number of ketones is 1. The molecule has 1 aromatic carbocycles. The molecule has 0 spiro atoms. The van der Waals surface area contributed by atoms with Gasteiger partial charge in [-0.2, -0.15) is 0 Å². The summed E-state index contributed by atoms with van der Waals surface area (Å²) in [6.07, 6.45) is 0.102. The van der Waals surface area contributed by atoms with Crippen LogP contribution in [0.25, 0.3) is 0 Å². The van der Waals surface area contributed by atoms with Crippen molar-refractivity contribution in [3.63, 3.8) is 0 Å². The van der Waals surface area contributed by atoms with E-state index in [1.807, 2.05) is 0 Å². The second kappa shape index (κ2) is 3.04. The van der Waals surface area contributed by atoms with Crippen molar-refractivity contribution in [1.29, 1.82) is 0 Å². The molecule has 0 saturated heterocycles. The summed E-state index contributed by atoms with van der Waals surface area (Å²) in [5.41, 5.74) is 0.885. The molecule has 0 fully saturated rings. The van der Waals surface area contributed by atoms with Crippen LogP contribution in [0.15, 0.2) is 18.2 Å². The van der Waals surface area contributed by atoms with E-state index in [0.717, 1.165) is 11.3 Å². The molecule has 1 unspecified atom stereocenters. The van der Waals surface area contributed by atoms with Gasteiger partial charge in [-0.05, 0) is 25.1 Å². The molecule has 0 amide bonds. The van der Waals surface area contributed by atoms with Gasteiger partial charge in [0.2, 0.25) is 0 Å². The van der Waals surface area contributed by atoms with Crippen molar-refractivity contribution >= 4 is 17.4 Å². The summed E-state index contributed by atoms with van der Waals surface area (Å²) in [5, 5.41) is 0.643. The van der Waals surface area contributed by atoms with Crippen molar-refractivity contribution in [2.75, 3.05) is 0 Å². The van der Waals surface area contributed by atoms with Crippen LogP contribution in [0.4, 0.5) is 0 Å². The first-order chi connectivity index (χ1) is 6.16. The quantitative estimate of drug-likeness (QED) is 0.636. The molecule has 1 atom stereocenters. The zero-order chi connectivity index (χ0) is 9.42. The van der Waals surface area contributed by atoms with Crippen LogP contribution in [0.2, 0.25) is 5.02 Å². The molecule has 0 aromatic heterocycles. The molecule has 2 nitrogen and oxygen atoms in total. The molecule has 0 N–H and O–H groups in total. The van der Waals surface area contributed by atoms with Crippen molar-refractivity contribution in [3.05, 3.63) is 28.8 Å². The van der Waals surface area contributed by atoms with Crippen molar-refractivity contribution in [2.45, 2.75) is 19.4 Å². The van der Waals surface area contributed by atoms with Gasteiger partial charge >= 0.3 is 0 Å². The van der Waals surface area contributed by atoms with Gasteiger partial charge in [-0.15, -0.1) is 0 Å². The Labute approximate surface area is 81.5 Å². The summed E-state index contributed by atoms with van der Waals surface area (Å²) in [6, 6.07) is 5.35. The molecule has 0 saturated carbocycles. The maximum atomic E-state index is 11.3. The Kier molecular flexibility index (Phi) is 2.00. The normalized spacial score (nSPS) is 20.8. The van der Waals surface area contributed by atoms with Gasteiger partial charge in [0.1, 0.15) is 5.75 Å². The lowest BCUT2D eigenvalue weighted by molar-refractivity contribution is -0.125. The van der Waals surface area contributed by atoms with E-state index in [1.54, 1.807) is 25.1 Å². The van der Waals surface area contributed by atoms with E-state index in [2.05, 4.69) is 0 Å². The summed E-state index contributed by atoms with van der Waals surface area (Å²) < 4.78 is 5.39. The zero-order valence-corrected chi connectivity index (χ0v) is 7.97. The maximum absolute atomic E-state index is 11.3. The Hall–Kier alpha value is -1.02. The minimum absolute atomic E-state index is 0.106. The van der Waals surface area contributed by atoms with Gasteiger partial charge in [-0.1, -0.05) is 11.6 Å². The minimum Gasteiger partial charge on any atom is -0.483 e. The first kappa shape index (κ1) is 8.57. The topological polar surface area (TPSA) is 26.3 Å². The second-order valence-corrected chi connectivity index (χ2v) is 3.59.